The monoisotopic (exact) mass is 768 g/mol. The highest BCUT2D eigenvalue weighted by atomic mass is 15.2. The second kappa shape index (κ2) is 12.7. The molecule has 2 aliphatic rings. The molecule has 0 atom stereocenters. The zero-order valence-electron chi connectivity index (χ0n) is 34.4. The van der Waals surface area contributed by atoms with Crippen LogP contribution in [0.25, 0.3) is 71.6 Å². The summed E-state index contributed by atoms with van der Waals surface area (Å²) < 4.78 is 2.51. The number of fused-ring (bicyclic) bond motifs is 10. The smallest absolute Gasteiger partial charge is 0.0567 e. The van der Waals surface area contributed by atoms with Crippen molar-refractivity contribution < 1.29 is 0 Å². The molecule has 9 aromatic carbocycles. The van der Waals surface area contributed by atoms with Crippen molar-refractivity contribution in [2.24, 2.45) is 0 Å². The Kier molecular flexibility index (Phi) is 7.36. The molecule has 0 radical (unpaired) electrons. The largest absolute Gasteiger partial charge is 0.309 e. The Bertz CT molecular complexity index is 3220. The van der Waals surface area contributed by atoms with E-state index in [0.29, 0.717) is 0 Å². The Morgan fingerprint density at radius 1 is 0.350 bits per heavy atom. The minimum absolute atomic E-state index is 0.166. The summed E-state index contributed by atoms with van der Waals surface area (Å²) in [6.45, 7) is 9.54. The first-order chi connectivity index (χ1) is 29.3. The third-order valence-corrected chi connectivity index (χ3v) is 13.8. The van der Waals surface area contributed by atoms with Crippen LogP contribution in [-0.2, 0) is 10.8 Å². The van der Waals surface area contributed by atoms with Gasteiger partial charge < -0.3 is 9.47 Å². The van der Waals surface area contributed by atoms with Crippen molar-refractivity contribution in [3.05, 3.63) is 216 Å². The van der Waals surface area contributed by atoms with Crippen molar-refractivity contribution in [3.8, 4) is 39.1 Å². The summed E-state index contributed by atoms with van der Waals surface area (Å²) in [6, 6.07) is 72.5. The summed E-state index contributed by atoms with van der Waals surface area (Å²) in [5, 5.41) is 4.93. The lowest BCUT2D eigenvalue weighted by Crippen LogP contribution is -2.18. The van der Waals surface area contributed by atoms with E-state index in [0.717, 1.165) is 11.4 Å². The van der Waals surface area contributed by atoms with Gasteiger partial charge in [-0.2, -0.15) is 0 Å². The van der Waals surface area contributed by atoms with Crippen molar-refractivity contribution in [1.29, 1.82) is 0 Å². The molecule has 0 amide bonds. The summed E-state index contributed by atoms with van der Waals surface area (Å²) in [6.07, 6.45) is 0. The molecular formula is C58H44N2. The standard InChI is InChI=1S/C58H44N2/c1-57(2)44-28-14-10-26-42(44)55-46(57)30-18-34-50(55)60(51-35-19-31-47-56(51)43-27-11-15-29-45(43)58(47,3)4)53-36-52(40-24-8-9-25-41(40)54(53)37-20-6-5-7-21-37)59-48-32-16-12-22-38(48)39-23-13-17-33-49(39)59/h5-36H,1-4H3. The fourth-order valence-electron chi connectivity index (χ4n) is 11.0. The van der Waals surface area contributed by atoms with Crippen molar-refractivity contribution in [2.75, 3.05) is 4.90 Å². The van der Waals surface area contributed by atoms with Gasteiger partial charge in [-0.05, 0) is 74.7 Å². The molecule has 10 aromatic rings. The van der Waals surface area contributed by atoms with Gasteiger partial charge >= 0.3 is 0 Å². The molecule has 286 valence electrons. The molecule has 0 aliphatic heterocycles. The lowest BCUT2D eigenvalue weighted by atomic mass is 9.82. The van der Waals surface area contributed by atoms with Gasteiger partial charge in [-0.1, -0.05) is 191 Å². The molecule has 0 fully saturated rings. The molecule has 0 unspecified atom stereocenters. The Morgan fingerprint density at radius 3 is 1.33 bits per heavy atom. The van der Waals surface area contributed by atoms with E-state index < -0.39 is 0 Å². The molecule has 2 heteroatoms. The van der Waals surface area contributed by atoms with E-state index in [1.54, 1.807) is 0 Å². The first kappa shape index (κ1) is 34.8. The first-order valence-corrected chi connectivity index (χ1v) is 21.2. The average Bonchev–Trinajstić information content (AvgIpc) is 3.84. The average molecular weight is 769 g/mol. The third-order valence-electron chi connectivity index (χ3n) is 13.8. The zero-order chi connectivity index (χ0) is 40.3. The highest BCUT2D eigenvalue weighted by Crippen LogP contribution is 2.59. The van der Waals surface area contributed by atoms with Crippen molar-refractivity contribution in [2.45, 2.75) is 38.5 Å². The van der Waals surface area contributed by atoms with Crippen LogP contribution in [0.5, 0.6) is 0 Å². The van der Waals surface area contributed by atoms with Gasteiger partial charge in [-0.15, -0.1) is 0 Å². The van der Waals surface area contributed by atoms with Crippen LogP contribution in [0.15, 0.2) is 194 Å². The summed E-state index contributed by atoms with van der Waals surface area (Å²) in [7, 11) is 0. The van der Waals surface area contributed by atoms with Crippen LogP contribution < -0.4 is 4.90 Å². The predicted molar refractivity (Wildman–Crippen MR) is 254 cm³/mol. The van der Waals surface area contributed by atoms with E-state index in [4.69, 9.17) is 0 Å². The first-order valence-electron chi connectivity index (χ1n) is 21.2. The molecule has 2 nitrogen and oxygen atoms in total. The minimum atomic E-state index is -0.166. The van der Waals surface area contributed by atoms with E-state index in [2.05, 4.69) is 231 Å². The molecule has 0 saturated heterocycles. The molecule has 0 N–H and O–H groups in total. The number of aromatic nitrogens is 1. The van der Waals surface area contributed by atoms with Crippen LogP contribution >= 0.6 is 0 Å². The summed E-state index contributed by atoms with van der Waals surface area (Å²) >= 11 is 0. The van der Waals surface area contributed by atoms with Crippen LogP contribution in [0.2, 0.25) is 0 Å². The Hall–Kier alpha value is -7.16. The molecule has 0 spiro atoms. The highest BCUT2D eigenvalue weighted by molar-refractivity contribution is 6.15. The second-order valence-corrected chi connectivity index (χ2v) is 17.6. The van der Waals surface area contributed by atoms with Gasteiger partial charge in [0.05, 0.1) is 33.8 Å². The number of anilines is 3. The van der Waals surface area contributed by atoms with E-state index in [1.165, 1.54) is 99.6 Å². The van der Waals surface area contributed by atoms with Gasteiger partial charge in [0.1, 0.15) is 0 Å². The van der Waals surface area contributed by atoms with Crippen molar-refractivity contribution >= 4 is 49.6 Å². The summed E-state index contributed by atoms with van der Waals surface area (Å²) in [4.78, 5) is 2.64. The molecule has 2 aliphatic carbocycles. The molecule has 60 heavy (non-hydrogen) atoms. The van der Waals surface area contributed by atoms with Crippen LogP contribution in [0, 0.1) is 0 Å². The van der Waals surface area contributed by atoms with Gasteiger partial charge in [0.25, 0.3) is 0 Å². The van der Waals surface area contributed by atoms with Crippen LogP contribution in [0.1, 0.15) is 49.9 Å². The molecule has 1 aromatic heterocycles. The van der Waals surface area contributed by atoms with Gasteiger partial charge in [0.15, 0.2) is 0 Å². The zero-order valence-corrected chi connectivity index (χ0v) is 34.4. The van der Waals surface area contributed by atoms with Gasteiger partial charge in [-0.3, -0.25) is 0 Å². The van der Waals surface area contributed by atoms with Gasteiger partial charge in [-0.25, -0.2) is 0 Å². The molecule has 12 rings (SSSR count). The summed E-state index contributed by atoms with van der Waals surface area (Å²) in [5.41, 5.74) is 19.7. The Morgan fingerprint density at radius 2 is 0.783 bits per heavy atom. The predicted octanol–water partition coefficient (Wildman–Crippen LogP) is 15.7. The molecule has 0 saturated carbocycles. The van der Waals surface area contributed by atoms with Crippen LogP contribution in [0.3, 0.4) is 0 Å². The van der Waals surface area contributed by atoms with Gasteiger partial charge in [0, 0.05) is 43.7 Å². The Labute approximate surface area is 351 Å². The van der Waals surface area contributed by atoms with E-state index >= 15 is 0 Å². The normalized spacial score (nSPS) is 14.3. The van der Waals surface area contributed by atoms with Crippen molar-refractivity contribution in [1.82, 2.24) is 4.57 Å². The number of nitrogens with zero attached hydrogens (tertiary/aromatic N) is 2. The molecular weight excluding hydrogens is 725 g/mol. The topological polar surface area (TPSA) is 8.17 Å². The molecule has 0 bridgehead atoms. The number of hydrogen-bond donors (Lipinski definition) is 0. The lowest BCUT2D eigenvalue weighted by molar-refractivity contribution is 0.660. The van der Waals surface area contributed by atoms with Gasteiger partial charge in [0.2, 0.25) is 0 Å². The number of para-hydroxylation sites is 2. The fraction of sp³-hybridized carbons (Fsp3) is 0.103. The number of rotatable bonds is 5. The number of benzene rings is 9. The van der Waals surface area contributed by atoms with Crippen LogP contribution in [0.4, 0.5) is 17.1 Å². The highest BCUT2D eigenvalue weighted by Gasteiger charge is 2.41. The van der Waals surface area contributed by atoms with E-state index in [9.17, 15) is 0 Å². The van der Waals surface area contributed by atoms with Crippen LogP contribution in [-0.4, -0.2) is 4.57 Å². The fourth-order valence-corrected chi connectivity index (χ4v) is 11.0. The SMILES string of the molecule is CC1(C)c2ccccc2-c2c(N(c3cccc4c3-c3ccccc3C4(C)C)c3cc(-n4c5ccccc5c5ccccc54)c4ccccc4c3-c3ccccc3)cccc21. The maximum absolute atomic E-state index is 2.64. The quantitative estimate of drug-likeness (QED) is 0.169. The maximum Gasteiger partial charge on any atom is 0.0567 e. The third kappa shape index (κ3) is 4.70. The lowest BCUT2D eigenvalue weighted by Gasteiger charge is -2.33. The second-order valence-electron chi connectivity index (χ2n) is 17.6. The maximum atomic E-state index is 2.64. The summed E-state index contributed by atoms with van der Waals surface area (Å²) in [5.74, 6) is 0. The Balaban J connectivity index is 1.29. The molecule has 1 heterocycles. The number of hydrogen-bond acceptors (Lipinski definition) is 1. The van der Waals surface area contributed by atoms with Crippen molar-refractivity contribution in [3.63, 3.8) is 0 Å². The van der Waals surface area contributed by atoms with E-state index in [1.807, 2.05) is 0 Å². The van der Waals surface area contributed by atoms with E-state index in [-0.39, 0.29) is 10.8 Å². The minimum Gasteiger partial charge on any atom is -0.309 e.